The summed E-state index contributed by atoms with van der Waals surface area (Å²) in [5, 5.41) is 3.21. The maximum atomic E-state index is 13.2. The molecule has 2 aromatic rings. The lowest BCUT2D eigenvalue weighted by molar-refractivity contribution is 0.622. The molecule has 0 aliphatic heterocycles. The van der Waals surface area contributed by atoms with E-state index in [-0.39, 0.29) is 5.82 Å². The molecule has 0 atom stereocenters. The van der Waals surface area contributed by atoms with Crippen LogP contribution in [0.5, 0.6) is 0 Å². The van der Waals surface area contributed by atoms with Crippen LogP contribution in [0.25, 0.3) is 11.1 Å². The first-order valence-corrected chi connectivity index (χ1v) is 5.71. The first kappa shape index (κ1) is 11.7. The summed E-state index contributed by atoms with van der Waals surface area (Å²) in [7, 11) is 0. The summed E-state index contributed by atoms with van der Waals surface area (Å²) in [6, 6.07) is 8.73. The van der Waals surface area contributed by atoms with Gasteiger partial charge in [-0.1, -0.05) is 19.1 Å². The van der Waals surface area contributed by atoms with Crippen molar-refractivity contribution in [3.05, 3.63) is 54.1 Å². The van der Waals surface area contributed by atoms with Gasteiger partial charge in [0.15, 0.2) is 0 Å². The number of pyridine rings is 1. The Morgan fingerprint density at radius 1 is 1.29 bits per heavy atom. The molecule has 0 fully saturated rings. The highest BCUT2D eigenvalue weighted by Crippen LogP contribution is 2.23. The van der Waals surface area contributed by atoms with E-state index >= 15 is 0 Å². The second-order valence-corrected chi connectivity index (χ2v) is 3.82. The molecule has 0 aliphatic rings. The predicted octanol–water partition coefficient (Wildman–Crippen LogP) is 3.00. The van der Waals surface area contributed by atoms with E-state index < -0.39 is 0 Å². The molecule has 0 unspecified atom stereocenters. The van der Waals surface area contributed by atoms with Crippen LogP contribution in [0.3, 0.4) is 0 Å². The highest BCUT2D eigenvalue weighted by molar-refractivity contribution is 5.66. The number of hydrogen-bond donors (Lipinski definition) is 1. The molecule has 2 nitrogen and oxygen atoms in total. The SMILES string of the molecule is CCNCc1cc(F)ccc1-c1cccnc1. The Hall–Kier alpha value is -1.74. The molecule has 1 aromatic heterocycles. The van der Waals surface area contributed by atoms with Gasteiger partial charge < -0.3 is 5.32 Å². The van der Waals surface area contributed by atoms with E-state index in [4.69, 9.17) is 0 Å². The van der Waals surface area contributed by atoms with Crippen molar-refractivity contribution in [2.75, 3.05) is 6.54 Å². The fourth-order valence-corrected chi connectivity index (χ4v) is 1.77. The van der Waals surface area contributed by atoms with Crippen molar-refractivity contribution in [3.63, 3.8) is 0 Å². The van der Waals surface area contributed by atoms with Crippen LogP contribution >= 0.6 is 0 Å². The van der Waals surface area contributed by atoms with Crippen molar-refractivity contribution in [1.29, 1.82) is 0 Å². The lowest BCUT2D eigenvalue weighted by atomic mass is 10.0. The first-order valence-electron chi connectivity index (χ1n) is 5.71. The zero-order valence-electron chi connectivity index (χ0n) is 9.78. The van der Waals surface area contributed by atoms with Crippen LogP contribution in [-0.4, -0.2) is 11.5 Å². The third kappa shape index (κ3) is 2.88. The standard InChI is InChI=1S/C14H15FN2/c1-2-16-10-12-8-13(15)5-6-14(12)11-4-3-7-17-9-11/h3-9,16H,2,10H2,1H3. The smallest absolute Gasteiger partial charge is 0.123 e. The van der Waals surface area contributed by atoms with E-state index in [9.17, 15) is 4.39 Å². The highest BCUT2D eigenvalue weighted by atomic mass is 19.1. The summed E-state index contributed by atoms with van der Waals surface area (Å²) in [6.45, 7) is 3.56. The van der Waals surface area contributed by atoms with E-state index in [2.05, 4.69) is 10.3 Å². The molecular formula is C14H15FN2. The fraction of sp³-hybridized carbons (Fsp3) is 0.214. The summed E-state index contributed by atoms with van der Waals surface area (Å²) in [5.74, 6) is -0.203. The van der Waals surface area contributed by atoms with Gasteiger partial charge in [0.1, 0.15) is 5.82 Å². The molecule has 0 amide bonds. The van der Waals surface area contributed by atoms with E-state index in [1.165, 1.54) is 6.07 Å². The van der Waals surface area contributed by atoms with Crippen molar-refractivity contribution in [2.45, 2.75) is 13.5 Å². The molecule has 0 spiro atoms. The maximum Gasteiger partial charge on any atom is 0.123 e. The minimum absolute atomic E-state index is 0.203. The van der Waals surface area contributed by atoms with Gasteiger partial charge in [0.2, 0.25) is 0 Å². The Labute approximate surface area is 101 Å². The number of hydrogen-bond acceptors (Lipinski definition) is 2. The van der Waals surface area contributed by atoms with Gasteiger partial charge in [-0.2, -0.15) is 0 Å². The molecule has 1 heterocycles. The van der Waals surface area contributed by atoms with Crippen LogP contribution in [0, 0.1) is 5.82 Å². The summed E-state index contributed by atoms with van der Waals surface area (Å²) < 4.78 is 13.2. The average Bonchev–Trinajstić information content (AvgIpc) is 2.37. The number of halogens is 1. The van der Waals surface area contributed by atoms with Crippen LogP contribution in [-0.2, 0) is 6.54 Å². The Kier molecular flexibility index (Phi) is 3.83. The monoisotopic (exact) mass is 230 g/mol. The summed E-state index contributed by atoms with van der Waals surface area (Å²) in [5.41, 5.74) is 3.00. The molecule has 17 heavy (non-hydrogen) atoms. The molecular weight excluding hydrogens is 215 g/mol. The van der Waals surface area contributed by atoms with E-state index in [1.54, 1.807) is 24.5 Å². The van der Waals surface area contributed by atoms with Gasteiger partial charge in [-0.25, -0.2) is 4.39 Å². The van der Waals surface area contributed by atoms with Gasteiger partial charge in [-0.3, -0.25) is 4.98 Å². The molecule has 0 saturated carbocycles. The molecule has 0 radical (unpaired) electrons. The van der Waals surface area contributed by atoms with E-state index in [0.717, 1.165) is 23.2 Å². The van der Waals surface area contributed by atoms with Gasteiger partial charge in [0, 0.05) is 24.5 Å². The van der Waals surface area contributed by atoms with Crippen molar-refractivity contribution in [2.24, 2.45) is 0 Å². The van der Waals surface area contributed by atoms with Gasteiger partial charge >= 0.3 is 0 Å². The van der Waals surface area contributed by atoms with Crippen LogP contribution < -0.4 is 5.32 Å². The molecule has 0 bridgehead atoms. The molecule has 3 heteroatoms. The molecule has 0 saturated heterocycles. The summed E-state index contributed by atoms with van der Waals surface area (Å²) in [6.07, 6.45) is 3.53. The van der Waals surface area contributed by atoms with Crippen molar-refractivity contribution >= 4 is 0 Å². The second-order valence-electron chi connectivity index (χ2n) is 3.82. The van der Waals surface area contributed by atoms with Gasteiger partial charge in [0.05, 0.1) is 0 Å². The topological polar surface area (TPSA) is 24.9 Å². The van der Waals surface area contributed by atoms with Gasteiger partial charge in [-0.05, 0) is 35.9 Å². The lowest BCUT2D eigenvalue weighted by Gasteiger charge is -2.10. The van der Waals surface area contributed by atoms with Crippen LogP contribution in [0.1, 0.15) is 12.5 Å². The van der Waals surface area contributed by atoms with Gasteiger partial charge in [0.25, 0.3) is 0 Å². The predicted molar refractivity (Wildman–Crippen MR) is 67.0 cm³/mol. The lowest BCUT2D eigenvalue weighted by Crippen LogP contribution is -2.12. The van der Waals surface area contributed by atoms with E-state index in [1.807, 2.05) is 19.1 Å². The van der Waals surface area contributed by atoms with Crippen LogP contribution in [0.15, 0.2) is 42.7 Å². The Morgan fingerprint density at radius 2 is 2.18 bits per heavy atom. The van der Waals surface area contributed by atoms with Crippen molar-refractivity contribution in [3.8, 4) is 11.1 Å². The van der Waals surface area contributed by atoms with Crippen LogP contribution in [0.4, 0.5) is 4.39 Å². The number of nitrogens with one attached hydrogen (secondary N) is 1. The Bertz CT molecular complexity index is 483. The van der Waals surface area contributed by atoms with Crippen molar-refractivity contribution < 1.29 is 4.39 Å². The Balaban J connectivity index is 2.39. The number of aromatic nitrogens is 1. The fourth-order valence-electron chi connectivity index (χ4n) is 1.77. The zero-order valence-corrected chi connectivity index (χ0v) is 9.78. The number of rotatable bonds is 4. The molecule has 88 valence electrons. The van der Waals surface area contributed by atoms with Crippen LogP contribution in [0.2, 0.25) is 0 Å². The molecule has 0 aliphatic carbocycles. The highest BCUT2D eigenvalue weighted by Gasteiger charge is 2.06. The van der Waals surface area contributed by atoms with Gasteiger partial charge in [-0.15, -0.1) is 0 Å². The third-order valence-electron chi connectivity index (χ3n) is 2.61. The average molecular weight is 230 g/mol. The third-order valence-corrected chi connectivity index (χ3v) is 2.61. The van der Waals surface area contributed by atoms with Crippen molar-refractivity contribution in [1.82, 2.24) is 10.3 Å². The minimum atomic E-state index is -0.203. The zero-order chi connectivity index (χ0) is 12.1. The normalized spacial score (nSPS) is 10.5. The minimum Gasteiger partial charge on any atom is -0.313 e. The summed E-state index contributed by atoms with van der Waals surface area (Å²) >= 11 is 0. The largest absolute Gasteiger partial charge is 0.313 e. The molecule has 1 aromatic carbocycles. The second kappa shape index (κ2) is 5.55. The Morgan fingerprint density at radius 3 is 2.88 bits per heavy atom. The maximum absolute atomic E-state index is 13.2. The number of benzene rings is 1. The van der Waals surface area contributed by atoms with E-state index in [0.29, 0.717) is 6.54 Å². The first-order chi connectivity index (χ1) is 8.31. The summed E-state index contributed by atoms with van der Waals surface area (Å²) in [4.78, 5) is 4.09. The number of nitrogens with zero attached hydrogens (tertiary/aromatic N) is 1. The quantitative estimate of drug-likeness (QED) is 0.873. The molecule has 1 N–H and O–H groups in total. The molecule has 2 rings (SSSR count).